The Kier molecular flexibility index (Phi) is 7.67. The lowest BCUT2D eigenvalue weighted by Gasteiger charge is -2.06. The Bertz CT molecular complexity index is 658. The summed E-state index contributed by atoms with van der Waals surface area (Å²) in [7, 11) is 0. The van der Waals surface area contributed by atoms with Crippen molar-refractivity contribution in [2.24, 2.45) is 5.73 Å². The fourth-order valence-corrected chi connectivity index (χ4v) is 2.41. The van der Waals surface area contributed by atoms with E-state index in [9.17, 15) is 9.59 Å². The van der Waals surface area contributed by atoms with Gasteiger partial charge in [0, 0.05) is 30.6 Å². The van der Waals surface area contributed by atoms with Gasteiger partial charge in [0.05, 0.1) is 0 Å². The number of nitrogens with one attached hydrogen (secondary N) is 2. The summed E-state index contributed by atoms with van der Waals surface area (Å²) in [4.78, 5) is 27.8. The lowest BCUT2D eigenvalue weighted by molar-refractivity contribution is 0.0925. The number of aryl methyl sites for hydroxylation is 1. The summed E-state index contributed by atoms with van der Waals surface area (Å²) >= 11 is 1.35. The molecule has 0 aliphatic heterocycles. The van der Waals surface area contributed by atoms with E-state index in [0.717, 1.165) is 10.6 Å². The lowest BCUT2D eigenvalue weighted by atomic mass is 10.1. The number of halogens is 1. The average molecular weight is 355 g/mol. The molecule has 2 aromatic rings. The molecular formula is C15H19ClN4O2S. The molecule has 8 heteroatoms. The van der Waals surface area contributed by atoms with Gasteiger partial charge in [-0.3, -0.25) is 9.59 Å². The van der Waals surface area contributed by atoms with Crippen LogP contribution in [-0.4, -0.2) is 29.9 Å². The molecule has 0 atom stereocenters. The van der Waals surface area contributed by atoms with Crippen molar-refractivity contribution in [1.29, 1.82) is 0 Å². The number of aromatic nitrogens is 1. The predicted octanol–water partition coefficient (Wildman–Crippen LogP) is 1.49. The van der Waals surface area contributed by atoms with E-state index in [0.29, 0.717) is 30.9 Å². The van der Waals surface area contributed by atoms with Gasteiger partial charge in [0.1, 0.15) is 10.7 Å². The van der Waals surface area contributed by atoms with Crippen LogP contribution in [0.5, 0.6) is 0 Å². The maximum Gasteiger partial charge on any atom is 0.270 e. The van der Waals surface area contributed by atoms with Gasteiger partial charge in [-0.1, -0.05) is 17.7 Å². The van der Waals surface area contributed by atoms with Crippen molar-refractivity contribution < 1.29 is 9.59 Å². The molecule has 0 saturated carbocycles. The molecule has 0 saturated heterocycles. The quantitative estimate of drug-likeness (QED) is 0.685. The fraction of sp³-hybridized carbons (Fsp3) is 0.267. The smallest absolute Gasteiger partial charge is 0.270 e. The van der Waals surface area contributed by atoms with E-state index in [-0.39, 0.29) is 24.2 Å². The molecule has 1 aromatic carbocycles. The summed E-state index contributed by atoms with van der Waals surface area (Å²) < 4.78 is 0. The second kappa shape index (κ2) is 9.24. The molecule has 1 heterocycles. The minimum atomic E-state index is -0.263. The summed E-state index contributed by atoms with van der Waals surface area (Å²) in [6.07, 6.45) is 0. The highest BCUT2D eigenvalue weighted by Crippen LogP contribution is 2.08. The van der Waals surface area contributed by atoms with Crippen molar-refractivity contribution in [3.05, 3.63) is 51.5 Å². The topological polar surface area (TPSA) is 97.1 Å². The standard InChI is InChI=1S/C15H18N4O2S.ClH/c1-10-2-4-11(5-3-10)14(20)17-6-7-18-15(21)12-9-22-13(8-16)19-12;/h2-5,9H,6-8,16H2,1H3,(H,17,20)(H,18,21);1H. The van der Waals surface area contributed by atoms with Crippen LogP contribution < -0.4 is 16.4 Å². The van der Waals surface area contributed by atoms with Crippen LogP contribution in [0.2, 0.25) is 0 Å². The molecule has 0 bridgehead atoms. The molecule has 0 spiro atoms. The Morgan fingerprint density at radius 1 is 1.13 bits per heavy atom. The number of hydrogen-bond donors (Lipinski definition) is 3. The first kappa shape index (κ1) is 19.1. The zero-order chi connectivity index (χ0) is 15.9. The van der Waals surface area contributed by atoms with Gasteiger partial charge in [-0.05, 0) is 19.1 Å². The number of amides is 2. The van der Waals surface area contributed by atoms with Crippen LogP contribution in [0.1, 0.15) is 31.4 Å². The molecule has 0 aliphatic rings. The Labute approximate surface area is 144 Å². The maximum atomic E-state index is 11.9. The molecule has 124 valence electrons. The number of carbonyl (C=O) groups is 2. The van der Waals surface area contributed by atoms with Crippen LogP contribution in [0.25, 0.3) is 0 Å². The Morgan fingerprint density at radius 2 is 1.74 bits per heavy atom. The van der Waals surface area contributed by atoms with Gasteiger partial charge >= 0.3 is 0 Å². The van der Waals surface area contributed by atoms with Crippen molar-refractivity contribution in [3.8, 4) is 0 Å². The predicted molar refractivity (Wildman–Crippen MR) is 93.1 cm³/mol. The first-order chi connectivity index (χ1) is 10.6. The molecule has 0 radical (unpaired) electrons. The molecule has 4 N–H and O–H groups in total. The molecule has 2 amide bonds. The van der Waals surface area contributed by atoms with Gasteiger partial charge in [-0.2, -0.15) is 0 Å². The van der Waals surface area contributed by atoms with Crippen molar-refractivity contribution in [3.63, 3.8) is 0 Å². The number of thiazole rings is 1. The number of benzene rings is 1. The largest absolute Gasteiger partial charge is 0.350 e. The molecule has 2 rings (SSSR count). The van der Waals surface area contributed by atoms with Gasteiger partial charge < -0.3 is 16.4 Å². The molecule has 0 unspecified atom stereocenters. The number of nitrogens with two attached hydrogens (primary N) is 1. The molecule has 23 heavy (non-hydrogen) atoms. The lowest BCUT2D eigenvalue weighted by Crippen LogP contribution is -2.34. The van der Waals surface area contributed by atoms with Crippen LogP contribution in [0, 0.1) is 6.92 Å². The van der Waals surface area contributed by atoms with Crippen molar-refractivity contribution in [1.82, 2.24) is 15.6 Å². The number of rotatable bonds is 6. The minimum absolute atomic E-state index is 0. The highest BCUT2D eigenvalue weighted by Gasteiger charge is 2.10. The van der Waals surface area contributed by atoms with Gasteiger partial charge in [-0.15, -0.1) is 23.7 Å². The number of carbonyl (C=O) groups excluding carboxylic acids is 2. The Balaban J connectivity index is 0.00000264. The van der Waals surface area contributed by atoms with E-state index in [1.54, 1.807) is 17.5 Å². The fourth-order valence-electron chi connectivity index (χ4n) is 1.76. The van der Waals surface area contributed by atoms with Crippen LogP contribution in [0.3, 0.4) is 0 Å². The zero-order valence-electron chi connectivity index (χ0n) is 12.7. The van der Waals surface area contributed by atoms with E-state index in [1.807, 2.05) is 19.1 Å². The van der Waals surface area contributed by atoms with Gasteiger partial charge in [0.15, 0.2) is 0 Å². The SMILES string of the molecule is Cc1ccc(C(=O)NCCNC(=O)c2csc(CN)n2)cc1.Cl. The molecule has 0 fully saturated rings. The third kappa shape index (κ3) is 5.63. The van der Waals surface area contributed by atoms with E-state index in [1.165, 1.54) is 11.3 Å². The van der Waals surface area contributed by atoms with Gasteiger partial charge in [0.25, 0.3) is 11.8 Å². The second-order valence-electron chi connectivity index (χ2n) is 4.71. The third-order valence-corrected chi connectivity index (χ3v) is 3.84. The van der Waals surface area contributed by atoms with E-state index in [2.05, 4.69) is 15.6 Å². The van der Waals surface area contributed by atoms with Crippen molar-refractivity contribution >= 4 is 35.6 Å². The van der Waals surface area contributed by atoms with E-state index < -0.39 is 0 Å². The van der Waals surface area contributed by atoms with Gasteiger partial charge in [-0.25, -0.2) is 4.98 Å². The number of hydrogen-bond acceptors (Lipinski definition) is 5. The summed E-state index contributed by atoms with van der Waals surface area (Å²) in [5, 5.41) is 7.84. The number of nitrogens with zero attached hydrogens (tertiary/aromatic N) is 1. The zero-order valence-corrected chi connectivity index (χ0v) is 14.3. The summed E-state index contributed by atoms with van der Waals surface area (Å²) in [6, 6.07) is 7.31. The Morgan fingerprint density at radius 3 is 2.30 bits per heavy atom. The Hall–Kier alpha value is -1.96. The normalized spacial score (nSPS) is 9.83. The summed E-state index contributed by atoms with van der Waals surface area (Å²) in [5.41, 5.74) is 7.51. The highest BCUT2D eigenvalue weighted by molar-refractivity contribution is 7.09. The second-order valence-corrected chi connectivity index (χ2v) is 5.65. The van der Waals surface area contributed by atoms with E-state index >= 15 is 0 Å². The molecule has 6 nitrogen and oxygen atoms in total. The molecular weight excluding hydrogens is 336 g/mol. The summed E-state index contributed by atoms with van der Waals surface area (Å²) in [5.74, 6) is -0.422. The first-order valence-corrected chi connectivity index (χ1v) is 7.75. The highest BCUT2D eigenvalue weighted by atomic mass is 35.5. The first-order valence-electron chi connectivity index (χ1n) is 6.87. The van der Waals surface area contributed by atoms with Crippen LogP contribution in [0.4, 0.5) is 0 Å². The van der Waals surface area contributed by atoms with Gasteiger partial charge in [0.2, 0.25) is 0 Å². The molecule has 0 aliphatic carbocycles. The third-order valence-electron chi connectivity index (χ3n) is 2.97. The maximum absolute atomic E-state index is 11.9. The van der Waals surface area contributed by atoms with Crippen LogP contribution in [0.15, 0.2) is 29.6 Å². The minimum Gasteiger partial charge on any atom is -0.350 e. The van der Waals surface area contributed by atoms with E-state index in [4.69, 9.17) is 5.73 Å². The molecule has 1 aromatic heterocycles. The monoisotopic (exact) mass is 354 g/mol. The average Bonchev–Trinajstić information content (AvgIpc) is 3.01. The van der Waals surface area contributed by atoms with Crippen LogP contribution >= 0.6 is 23.7 Å². The van der Waals surface area contributed by atoms with Crippen molar-refractivity contribution in [2.75, 3.05) is 13.1 Å². The van der Waals surface area contributed by atoms with Crippen molar-refractivity contribution in [2.45, 2.75) is 13.5 Å². The van der Waals surface area contributed by atoms with Crippen LogP contribution in [-0.2, 0) is 6.54 Å². The summed E-state index contributed by atoms with van der Waals surface area (Å²) in [6.45, 7) is 2.98.